The molecule has 146 valence electrons. The van der Waals surface area contributed by atoms with Crippen molar-refractivity contribution in [2.45, 2.75) is 50.5 Å². The lowest BCUT2D eigenvalue weighted by Gasteiger charge is -2.29. The molecule has 0 spiro atoms. The van der Waals surface area contributed by atoms with Crippen molar-refractivity contribution in [2.24, 2.45) is 0 Å². The van der Waals surface area contributed by atoms with Gasteiger partial charge in [0.1, 0.15) is 5.75 Å². The Morgan fingerprint density at radius 3 is 2.30 bits per heavy atom. The molecule has 27 heavy (non-hydrogen) atoms. The predicted molar refractivity (Wildman–Crippen MR) is 112 cm³/mol. The number of hydrogen-bond donors (Lipinski definition) is 3. The summed E-state index contributed by atoms with van der Waals surface area (Å²) >= 11 is 4.22. The molecule has 2 rings (SSSR count). The number of carbonyl (C=O) groups excluding carboxylic acids is 1. The molecule has 1 fully saturated rings. The average Bonchev–Trinajstić information content (AvgIpc) is 2.71. The molecule has 1 aliphatic rings. The Kier molecular flexibility index (Phi) is 8.75. The van der Waals surface area contributed by atoms with Gasteiger partial charge in [0.15, 0.2) is 0 Å². The summed E-state index contributed by atoms with van der Waals surface area (Å²) in [5, 5.41) is 15.3. The minimum atomic E-state index is -0.593. The fourth-order valence-electron chi connectivity index (χ4n) is 3.44. The molecule has 6 heteroatoms. The molecule has 0 heterocycles. The predicted octanol–water partition coefficient (Wildman–Crippen LogP) is 4.53. The maximum atomic E-state index is 11.6. The van der Waals surface area contributed by atoms with Gasteiger partial charge in [0, 0.05) is 36.2 Å². The lowest BCUT2D eigenvalue weighted by molar-refractivity contribution is -0.128. The largest absolute Gasteiger partial charge is 0.422 e. The summed E-state index contributed by atoms with van der Waals surface area (Å²) in [6.45, 7) is 4.19. The highest BCUT2D eigenvalue weighted by Gasteiger charge is 2.24. The van der Waals surface area contributed by atoms with Crippen LogP contribution in [-0.2, 0) is 9.53 Å². The zero-order valence-corrected chi connectivity index (χ0v) is 16.5. The van der Waals surface area contributed by atoms with Crippen molar-refractivity contribution in [1.29, 1.82) is 10.8 Å². The van der Waals surface area contributed by atoms with E-state index >= 15 is 0 Å². The van der Waals surface area contributed by atoms with Gasteiger partial charge in [0.25, 0.3) is 0 Å². The molecule has 0 saturated heterocycles. The highest BCUT2D eigenvalue weighted by molar-refractivity contribution is 7.80. The van der Waals surface area contributed by atoms with Gasteiger partial charge in [0.2, 0.25) is 0 Å². The fourth-order valence-corrected chi connectivity index (χ4v) is 3.66. The molecule has 1 aromatic rings. The molecule has 5 nitrogen and oxygen atoms in total. The second-order valence-corrected chi connectivity index (χ2v) is 7.16. The summed E-state index contributed by atoms with van der Waals surface area (Å²) in [7, 11) is 0. The molecule has 0 bridgehead atoms. The van der Waals surface area contributed by atoms with Crippen molar-refractivity contribution >= 4 is 31.0 Å². The van der Waals surface area contributed by atoms with Crippen LogP contribution in [0.5, 0.6) is 5.75 Å². The van der Waals surface area contributed by atoms with Crippen molar-refractivity contribution < 1.29 is 14.3 Å². The van der Waals surface area contributed by atoms with Crippen LogP contribution in [0.4, 0.5) is 0 Å². The van der Waals surface area contributed by atoms with Gasteiger partial charge in [-0.2, -0.15) is 12.6 Å². The molecule has 2 N–H and O–H groups in total. The van der Waals surface area contributed by atoms with Crippen LogP contribution in [0, 0.1) is 10.8 Å². The maximum Gasteiger partial charge on any atom is 0.335 e. The summed E-state index contributed by atoms with van der Waals surface area (Å²) in [5.41, 5.74) is 2.09. The van der Waals surface area contributed by atoms with E-state index in [1.54, 1.807) is 0 Å². The Labute approximate surface area is 166 Å². The molecular weight excluding hydrogens is 360 g/mol. The third kappa shape index (κ3) is 6.04. The van der Waals surface area contributed by atoms with Gasteiger partial charge in [-0.05, 0) is 67.9 Å². The van der Waals surface area contributed by atoms with E-state index in [1.165, 1.54) is 12.4 Å². The summed E-state index contributed by atoms with van der Waals surface area (Å²) in [4.78, 5) is 11.6. The summed E-state index contributed by atoms with van der Waals surface area (Å²) in [6, 6.07) is 3.79. The number of esters is 1. The molecule has 1 aliphatic carbocycles. The second kappa shape index (κ2) is 11.0. The number of unbranched alkanes of at least 4 members (excludes halogenated alkanes) is 1. The van der Waals surface area contributed by atoms with Crippen LogP contribution in [0.15, 0.2) is 24.8 Å². The van der Waals surface area contributed by atoms with Gasteiger partial charge in [-0.1, -0.05) is 6.58 Å². The van der Waals surface area contributed by atoms with E-state index in [0.29, 0.717) is 23.1 Å². The molecule has 0 amide bonds. The minimum absolute atomic E-state index is 0.245. The van der Waals surface area contributed by atoms with E-state index in [9.17, 15) is 4.79 Å². The van der Waals surface area contributed by atoms with Crippen molar-refractivity contribution in [1.82, 2.24) is 0 Å². The van der Waals surface area contributed by atoms with Crippen molar-refractivity contribution in [3.05, 3.63) is 41.5 Å². The van der Waals surface area contributed by atoms with E-state index < -0.39 is 5.97 Å². The van der Waals surface area contributed by atoms with Crippen LogP contribution in [0.2, 0.25) is 0 Å². The molecule has 0 unspecified atom stereocenters. The number of carbonyl (C=O) groups is 1. The monoisotopic (exact) mass is 388 g/mol. The number of ether oxygens (including phenoxy) is 2. The first-order chi connectivity index (χ1) is 13.1. The van der Waals surface area contributed by atoms with Crippen LogP contribution < -0.4 is 4.74 Å². The molecule has 1 saturated carbocycles. The van der Waals surface area contributed by atoms with Crippen LogP contribution >= 0.6 is 12.6 Å². The smallest absolute Gasteiger partial charge is 0.335 e. The van der Waals surface area contributed by atoms with E-state index in [-0.39, 0.29) is 5.75 Å². The quantitative estimate of drug-likeness (QED) is 0.138. The zero-order chi connectivity index (χ0) is 19.6. The number of hydrogen-bond acceptors (Lipinski definition) is 6. The zero-order valence-electron chi connectivity index (χ0n) is 15.6. The Bertz CT molecular complexity index is 653. The van der Waals surface area contributed by atoms with E-state index in [2.05, 4.69) is 19.2 Å². The summed E-state index contributed by atoms with van der Waals surface area (Å²) < 4.78 is 11.2. The number of nitrogens with one attached hydrogen (secondary N) is 2. The van der Waals surface area contributed by atoms with Gasteiger partial charge in [-0.3, -0.25) is 0 Å². The van der Waals surface area contributed by atoms with Gasteiger partial charge in [0.05, 0.1) is 6.10 Å². The van der Waals surface area contributed by atoms with Crippen molar-refractivity contribution in [3.63, 3.8) is 0 Å². The maximum absolute atomic E-state index is 11.6. The number of benzene rings is 1. The Balaban J connectivity index is 2.06. The van der Waals surface area contributed by atoms with E-state index in [0.717, 1.165) is 62.5 Å². The SMILES string of the molecule is C=CC(=O)Oc1c(C=N)cc(C2CCC(OCCCCS)CC2)cc1C=N. The molecule has 0 atom stereocenters. The third-order valence-electron chi connectivity index (χ3n) is 4.90. The van der Waals surface area contributed by atoms with Gasteiger partial charge in [-0.25, -0.2) is 4.79 Å². The first kappa shape index (κ1) is 21.4. The Hall–Kier alpha value is -1.92. The molecule has 1 aromatic carbocycles. The van der Waals surface area contributed by atoms with E-state index in [1.807, 2.05) is 12.1 Å². The van der Waals surface area contributed by atoms with Crippen molar-refractivity contribution in [3.8, 4) is 5.75 Å². The third-order valence-corrected chi connectivity index (χ3v) is 5.22. The normalized spacial score (nSPS) is 19.3. The van der Waals surface area contributed by atoms with Crippen LogP contribution in [0.3, 0.4) is 0 Å². The van der Waals surface area contributed by atoms with Crippen LogP contribution in [0.25, 0.3) is 0 Å². The van der Waals surface area contributed by atoms with Crippen LogP contribution in [0.1, 0.15) is 61.1 Å². The highest BCUT2D eigenvalue weighted by Crippen LogP contribution is 2.37. The Morgan fingerprint density at radius 2 is 1.78 bits per heavy atom. The molecule has 0 aliphatic heterocycles. The van der Waals surface area contributed by atoms with Crippen molar-refractivity contribution in [2.75, 3.05) is 12.4 Å². The molecule has 0 aromatic heterocycles. The average molecular weight is 389 g/mol. The Morgan fingerprint density at radius 1 is 1.15 bits per heavy atom. The summed E-state index contributed by atoms with van der Waals surface area (Å²) in [5.74, 6) is 0.919. The first-order valence-corrected chi connectivity index (χ1v) is 10.0. The number of thiol groups is 1. The van der Waals surface area contributed by atoms with E-state index in [4.69, 9.17) is 20.3 Å². The van der Waals surface area contributed by atoms with Gasteiger partial charge < -0.3 is 20.3 Å². The molecular formula is C21H28N2O3S. The highest BCUT2D eigenvalue weighted by atomic mass is 32.1. The number of rotatable bonds is 10. The standard InChI is InChI=1S/C21H28N2O3S/c1-2-20(24)26-21-17(13-22)11-16(12-18(21)14-23)15-5-7-19(8-6-15)25-9-3-4-10-27/h2,11-15,19,22-23,27H,1,3-10H2. The molecule has 0 radical (unpaired) electrons. The lowest BCUT2D eigenvalue weighted by Crippen LogP contribution is -2.21. The topological polar surface area (TPSA) is 83.2 Å². The van der Waals surface area contributed by atoms with Crippen LogP contribution in [-0.4, -0.2) is 36.9 Å². The fraction of sp³-hybridized carbons (Fsp3) is 0.476. The second-order valence-electron chi connectivity index (χ2n) is 6.72. The van der Waals surface area contributed by atoms with Gasteiger partial charge in [-0.15, -0.1) is 0 Å². The minimum Gasteiger partial charge on any atom is -0.422 e. The van der Waals surface area contributed by atoms with Gasteiger partial charge >= 0.3 is 5.97 Å². The first-order valence-electron chi connectivity index (χ1n) is 9.38. The lowest BCUT2D eigenvalue weighted by atomic mass is 9.81. The summed E-state index contributed by atoms with van der Waals surface area (Å²) in [6.07, 6.45) is 9.91.